The van der Waals surface area contributed by atoms with Gasteiger partial charge in [-0.25, -0.2) is 4.39 Å². The smallest absolute Gasteiger partial charge is 0.142 e. The Morgan fingerprint density at radius 3 is 2.44 bits per heavy atom. The summed E-state index contributed by atoms with van der Waals surface area (Å²) in [6, 6.07) is 4.67. The van der Waals surface area contributed by atoms with Crippen molar-refractivity contribution in [1.82, 2.24) is 0 Å². The molecule has 0 amide bonds. The maximum Gasteiger partial charge on any atom is 0.142 e. The van der Waals surface area contributed by atoms with Crippen LogP contribution in [-0.4, -0.2) is 0 Å². The molecular weight excluding hydrogens is 428 g/mol. The molecule has 0 fully saturated rings. The van der Waals surface area contributed by atoms with Crippen LogP contribution >= 0.6 is 60.4 Å². The largest absolute Gasteiger partial charge is 0.397 e. The van der Waals surface area contributed by atoms with Gasteiger partial charge in [-0.15, -0.1) is 17.0 Å². The number of benzene rings is 2. The Morgan fingerprint density at radius 1 is 1.19 bits per heavy atom. The molecule has 2 rings (SSSR count). The molecular formula is C10H6Br3ClFN. The number of nitrogens with two attached hydrogens (primary N) is 1. The van der Waals surface area contributed by atoms with Crippen molar-refractivity contribution in [3.8, 4) is 0 Å². The van der Waals surface area contributed by atoms with Crippen molar-refractivity contribution in [2.45, 2.75) is 0 Å². The summed E-state index contributed by atoms with van der Waals surface area (Å²) in [5.41, 5.74) is 6.41. The van der Waals surface area contributed by atoms with Gasteiger partial charge in [-0.2, -0.15) is 0 Å². The van der Waals surface area contributed by atoms with E-state index in [9.17, 15) is 4.39 Å². The van der Waals surface area contributed by atoms with E-state index < -0.39 is 5.82 Å². The van der Waals surface area contributed by atoms with Gasteiger partial charge in [-0.3, -0.25) is 0 Å². The van der Waals surface area contributed by atoms with E-state index in [2.05, 4.69) is 31.9 Å². The molecule has 2 aromatic carbocycles. The summed E-state index contributed by atoms with van der Waals surface area (Å²) in [7, 11) is 0. The minimum Gasteiger partial charge on any atom is -0.397 e. The third kappa shape index (κ3) is 2.23. The number of hydrogen-bond acceptors (Lipinski definition) is 1. The molecule has 0 unspecified atom stereocenters. The lowest BCUT2D eigenvalue weighted by molar-refractivity contribution is 0.630. The standard InChI is InChI=1S/C10H5Br2ClFN.BrH/c11-5-3-6(12)10(15)4-1-2-7(14)9(13)8(4)5;/h1-3H,15H2;1H. The highest BCUT2D eigenvalue weighted by atomic mass is 79.9. The number of halogens is 5. The molecule has 0 aliphatic heterocycles. The van der Waals surface area contributed by atoms with Gasteiger partial charge >= 0.3 is 0 Å². The van der Waals surface area contributed by atoms with E-state index in [-0.39, 0.29) is 22.0 Å². The first kappa shape index (κ1) is 14.2. The summed E-state index contributed by atoms with van der Waals surface area (Å²) in [5, 5.41) is 1.40. The second kappa shape index (κ2) is 5.21. The van der Waals surface area contributed by atoms with Crippen molar-refractivity contribution in [1.29, 1.82) is 0 Å². The molecule has 16 heavy (non-hydrogen) atoms. The fourth-order valence-corrected chi connectivity index (χ4v) is 3.17. The molecule has 0 radical (unpaired) electrons. The van der Waals surface area contributed by atoms with Crippen molar-refractivity contribution < 1.29 is 4.39 Å². The second-order valence-corrected chi connectivity index (χ2v) is 5.12. The highest BCUT2D eigenvalue weighted by Gasteiger charge is 2.12. The van der Waals surface area contributed by atoms with Gasteiger partial charge in [-0.05, 0) is 34.1 Å². The maximum absolute atomic E-state index is 13.3. The molecule has 0 atom stereocenters. The fourth-order valence-electron chi connectivity index (χ4n) is 1.40. The summed E-state index contributed by atoms with van der Waals surface area (Å²) in [4.78, 5) is 0. The zero-order chi connectivity index (χ0) is 11.2. The minimum atomic E-state index is -0.452. The Hall–Kier alpha value is 0.160. The van der Waals surface area contributed by atoms with Crippen LogP contribution in [-0.2, 0) is 0 Å². The second-order valence-electron chi connectivity index (χ2n) is 3.04. The van der Waals surface area contributed by atoms with E-state index in [1.54, 1.807) is 12.1 Å². The van der Waals surface area contributed by atoms with Crippen molar-refractivity contribution in [2.75, 3.05) is 5.73 Å². The van der Waals surface area contributed by atoms with Crippen molar-refractivity contribution in [3.05, 3.63) is 38.0 Å². The molecule has 0 heterocycles. The fraction of sp³-hybridized carbons (Fsp3) is 0. The van der Waals surface area contributed by atoms with E-state index >= 15 is 0 Å². The molecule has 0 saturated carbocycles. The normalized spacial score (nSPS) is 10.2. The first-order valence-corrected chi connectivity index (χ1v) is 6.00. The summed E-state index contributed by atoms with van der Waals surface area (Å²) in [5.74, 6) is -0.452. The van der Waals surface area contributed by atoms with Crippen LogP contribution in [0.5, 0.6) is 0 Å². The third-order valence-corrected chi connectivity index (χ3v) is 3.79. The van der Waals surface area contributed by atoms with Gasteiger partial charge in [0.2, 0.25) is 0 Å². The summed E-state index contributed by atoms with van der Waals surface area (Å²) >= 11 is 12.5. The lowest BCUT2D eigenvalue weighted by Gasteiger charge is -2.08. The zero-order valence-corrected chi connectivity index (χ0v) is 13.4. The Labute approximate surface area is 124 Å². The van der Waals surface area contributed by atoms with Gasteiger partial charge in [0.1, 0.15) is 5.82 Å². The topological polar surface area (TPSA) is 26.0 Å². The molecule has 0 saturated heterocycles. The number of nitrogen functional groups attached to an aromatic ring is 1. The van der Waals surface area contributed by atoms with E-state index in [4.69, 9.17) is 17.3 Å². The summed E-state index contributed by atoms with van der Waals surface area (Å²) in [6.07, 6.45) is 0. The molecule has 1 nitrogen and oxygen atoms in total. The monoisotopic (exact) mass is 431 g/mol. The highest BCUT2D eigenvalue weighted by Crippen LogP contribution is 2.39. The van der Waals surface area contributed by atoms with Crippen LogP contribution in [0.1, 0.15) is 0 Å². The van der Waals surface area contributed by atoms with Gasteiger partial charge in [0.15, 0.2) is 0 Å². The zero-order valence-electron chi connectivity index (χ0n) is 7.73. The van der Waals surface area contributed by atoms with Crippen LogP contribution < -0.4 is 5.73 Å². The van der Waals surface area contributed by atoms with Gasteiger partial charge in [0, 0.05) is 19.7 Å². The predicted octanol–water partition coefficient (Wildman–Crippen LogP) is 5.32. The van der Waals surface area contributed by atoms with Gasteiger partial charge in [-0.1, -0.05) is 27.5 Å². The number of hydrogen-bond donors (Lipinski definition) is 1. The molecule has 0 bridgehead atoms. The lowest BCUT2D eigenvalue weighted by Crippen LogP contribution is -1.91. The van der Waals surface area contributed by atoms with E-state index in [0.717, 1.165) is 9.86 Å². The lowest BCUT2D eigenvalue weighted by atomic mass is 10.1. The molecule has 86 valence electrons. The summed E-state index contributed by atoms with van der Waals surface area (Å²) in [6.45, 7) is 0. The Kier molecular flexibility index (Phi) is 4.63. The predicted molar refractivity (Wildman–Crippen MR) is 79.1 cm³/mol. The highest BCUT2D eigenvalue weighted by molar-refractivity contribution is 9.11. The van der Waals surface area contributed by atoms with Gasteiger partial charge in [0.25, 0.3) is 0 Å². The van der Waals surface area contributed by atoms with Crippen LogP contribution in [0.25, 0.3) is 10.8 Å². The van der Waals surface area contributed by atoms with Crippen LogP contribution in [0.4, 0.5) is 10.1 Å². The molecule has 0 aliphatic rings. The molecule has 6 heteroatoms. The SMILES string of the molecule is Br.Nc1c(Br)cc(Br)c2c(Cl)c(F)ccc12. The van der Waals surface area contributed by atoms with Crippen LogP contribution in [0, 0.1) is 5.82 Å². The third-order valence-electron chi connectivity index (χ3n) is 2.13. The van der Waals surface area contributed by atoms with Crippen molar-refractivity contribution in [2.24, 2.45) is 0 Å². The van der Waals surface area contributed by atoms with E-state index in [1.165, 1.54) is 6.07 Å². The van der Waals surface area contributed by atoms with Crippen LogP contribution in [0.3, 0.4) is 0 Å². The Bertz CT molecular complexity index is 559. The van der Waals surface area contributed by atoms with Crippen LogP contribution in [0.2, 0.25) is 5.02 Å². The van der Waals surface area contributed by atoms with Crippen LogP contribution in [0.15, 0.2) is 27.1 Å². The Balaban J connectivity index is 0.00000128. The number of fused-ring (bicyclic) bond motifs is 1. The average molecular weight is 434 g/mol. The molecule has 0 aliphatic carbocycles. The molecule has 2 aromatic rings. The van der Waals surface area contributed by atoms with Crippen molar-refractivity contribution >= 4 is 76.9 Å². The van der Waals surface area contributed by atoms with Gasteiger partial charge < -0.3 is 5.73 Å². The average Bonchev–Trinajstić information content (AvgIpc) is 2.18. The first-order chi connectivity index (χ1) is 7.02. The molecule has 0 spiro atoms. The number of rotatable bonds is 0. The summed E-state index contributed by atoms with van der Waals surface area (Å²) < 4.78 is 14.7. The number of anilines is 1. The van der Waals surface area contributed by atoms with Crippen molar-refractivity contribution in [3.63, 3.8) is 0 Å². The maximum atomic E-state index is 13.3. The van der Waals surface area contributed by atoms with E-state index in [0.29, 0.717) is 15.5 Å². The van der Waals surface area contributed by atoms with E-state index in [1.807, 2.05) is 0 Å². The molecule has 0 aromatic heterocycles. The first-order valence-electron chi connectivity index (χ1n) is 4.03. The quantitative estimate of drug-likeness (QED) is 0.559. The minimum absolute atomic E-state index is 0. The van der Waals surface area contributed by atoms with Gasteiger partial charge in [0.05, 0.1) is 10.7 Å². The Morgan fingerprint density at radius 2 is 1.81 bits per heavy atom. The molecule has 2 N–H and O–H groups in total.